The predicted molar refractivity (Wildman–Crippen MR) is 68.6 cm³/mol. The van der Waals surface area contributed by atoms with Crippen molar-refractivity contribution >= 4 is 0 Å². The van der Waals surface area contributed by atoms with Gasteiger partial charge in [-0.2, -0.15) is 0 Å². The van der Waals surface area contributed by atoms with Crippen molar-refractivity contribution in [2.24, 2.45) is 28.6 Å². The van der Waals surface area contributed by atoms with E-state index in [1.165, 1.54) is 19.3 Å². The first-order valence-electron chi connectivity index (χ1n) is 6.47. The summed E-state index contributed by atoms with van der Waals surface area (Å²) in [6.07, 6.45) is 4.16. The van der Waals surface area contributed by atoms with Crippen LogP contribution in [0.5, 0.6) is 0 Å². The van der Waals surface area contributed by atoms with Gasteiger partial charge >= 0.3 is 0 Å². The number of rotatable bonds is 0. The lowest BCUT2D eigenvalue weighted by atomic mass is 9.58. The summed E-state index contributed by atoms with van der Waals surface area (Å²) in [6, 6.07) is 0. The molecule has 1 rings (SSSR count). The molecular formula is C15H29. The third kappa shape index (κ3) is 2.98. The largest absolute Gasteiger partial charge is 0.0599 e. The van der Waals surface area contributed by atoms with E-state index in [-0.39, 0.29) is 0 Å². The van der Waals surface area contributed by atoms with Crippen LogP contribution < -0.4 is 0 Å². The lowest BCUT2D eigenvalue weighted by molar-refractivity contribution is 0.0334. The molecule has 15 heavy (non-hydrogen) atoms. The van der Waals surface area contributed by atoms with Crippen LogP contribution in [-0.4, -0.2) is 0 Å². The fraction of sp³-hybridized carbons (Fsp3) is 0.933. The summed E-state index contributed by atoms with van der Waals surface area (Å²) >= 11 is 0. The fourth-order valence-electron chi connectivity index (χ4n) is 3.42. The number of hydrogen-bond donors (Lipinski definition) is 0. The smallest absolute Gasteiger partial charge is 0.0334 e. The highest BCUT2D eigenvalue weighted by atomic mass is 14.5. The zero-order chi connectivity index (χ0) is 11.9. The first-order chi connectivity index (χ1) is 6.64. The van der Waals surface area contributed by atoms with Crippen molar-refractivity contribution in [1.82, 2.24) is 0 Å². The van der Waals surface area contributed by atoms with Crippen LogP contribution >= 0.6 is 0 Å². The Labute approximate surface area is 96.8 Å². The van der Waals surface area contributed by atoms with Gasteiger partial charge in [-0.05, 0) is 48.3 Å². The summed E-state index contributed by atoms with van der Waals surface area (Å²) < 4.78 is 0. The Morgan fingerprint density at radius 3 is 1.40 bits per heavy atom. The molecule has 0 amide bonds. The molecule has 1 aliphatic rings. The highest BCUT2D eigenvalue weighted by Gasteiger charge is 2.41. The van der Waals surface area contributed by atoms with Crippen LogP contribution in [0.1, 0.15) is 60.8 Å². The second-order valence-electron chi connectivity index (χ2n) is 7.54. The van der Waals surface area contributed by atoms with Crippen molar-refractivity contribution in [3.05, 3.63) is 6.92 Å². The molecule has 0 saturated heterocycles. The molecule has 1 aliphatic carbocycles. The molecule has 2 atom stereocenters. The van der Waals surface area contributed by atoms with E-state index in [2.05, 4.69) is 48.5 Å². The van der Waals surface area contributed by atoms with Gasteiger partial charge in [0.1, 0.15) is 0 Å². The molecular weight excluding hydrogens is 180 g/mol. The van der Waals surface area contributed by atoms with E-state index in [4.69, 9.17) is 0 Å². The first kappa shape index (κ1) is 13.1. The van der Waals surface area contributed by atoms with Crippen molar-refractivity contribution < 1.29 is 0 Å². The predicted octanol–water partition coefficient (Wildman–Crippen LogP) is 4.95. The van der Waals surface area contributed by atoms with Gasteiger partial charge in [0.2, 0.25) is 0 Å². The van der Waals surface area contributed by atoms with E-state index in [1.807, 2.05) is 0 Å². The van der Waals surface area contributed by atoms with E-state index in [1.54, 1.807) is 0 Å². The summed E-state index contributed by atoms with van der Waals surface area (Å²) in [5.74, 6) is 2.24. The van der Waals surface area contributed by atoms with E-state index in [9.17, 15) is 0 Å². The molecule has 0 spiro atoms. The minimum atomic E-state index is 0.427. The molecule has 0 aromatic carbocycles. The average molecular weight is 209 g/mol. The zero-order valence-electron chi connectivity index (χ0n) is 11.6. The summed E-state index contributed by atoms with van der Waals surface area (Å²) in [6.45, 7) is 18.7. The van der Waals surface area contributed by atoms with E-state index in [0.29, 0.717) is 16.7 Å². The maximum Gasteiger partial charge on any atom is -0.0334 e. The molecule has 0 N–H and O–H groups in total. The summed E-state index contributed by atoms with van der Waals surface area (Å²) in [7, 11) is 0. The molecule has 0 nitrogen and oxygen atoms in total. The lowest BCUT2D eigenvalue weighted by Crippen LogP contribution is -2.39. The molecule has 0 aromatic rings. The van der Waals surface area contributed by atoms with Gasteiger partial charge in [0.05, 0.1) is 0 Å². The van der Waals surface area contributed by atoms with Crippen LogP contribution in [0, 0.1) is 35.5 Å². The van der Waals surface area contributed by atoms with Crippen molar-refractivity contribution in [2.75, 3.05) is 0 Å². The highest BCUT2D eigenvalue weighted by Crippen LogP contribution is 2.49. The Balaban J connectivity index is 2.81. The Hall–Kier alpha value is 0. The summed E-state index contributed by atoms with van der Waals surface area (Å²) in [4.78, 5) is 0. The summed E-state index contributed by atoms with van der Waals surface area (Å²) in [5, 5.41) is 0. The van der Waals surface area contributed by atoms with Crippen LogP contribution in [0.4, 0.5) is 0 Å². The van der Waals surface area contributed by atoms with Crippen molar-refractivity contribution in [1.29, 1.82) is 0 Å². The van der Waals surface area contributed by atoms with Gasteiger partial charge in [-0.1, -0.05) is 48.0 Å². The van der Waals surface area contributed by atoms with Gasteiger partial charge in [0, 0.05) is 0 Å². The van der Waals surface area contributed by atoms with Gasteiger partial charge in [0.25, 0.3) is 0 Å². The second kappa shape index (κ2) is 4.11. The third-order valence-corrected chi connectivity index (χ3v) is 4.29. The van der Waals surface area contributed by atoms with Gasteiger partial charge < -0.3 is 0 Å². The maximum atomic E-state index is 4.49. The molecule has 0 aromatic heterocycles. The van der Waals surface area contributed by atoms with Crippen LogP contribution in [0.2, 0.25) is 0 Å². The molecule has 1 radical (unpaired) electrons. The first-order valence-corrected chi connectivity index (χ1v) is 6.47. The van der Waals surface area contributed by atoms with E-state index >= 15 is 0 Å². The molecule has 2 unspecified atom stereocenters. The van der Waals surface area contributed by atoms with Crippen LogP contribution in [0.25, 0.3) is 0 Å². The minimum Gasteiger partial charge on any atom is -0.0599 e. The quantitative estimate of drug-likeness (QED) is 0.530. The molecule has 0 aliphatic heterocycles. The molecule has 1 saturated carbocycles. The van der Waals surface area contributed by atoms with Gasteiger partial charge in [0.15, 0.2) is 0 Å². The molecule has 1 fully saturated rings. The molecule has 89 valence electrons. The fourth-order valence-corrected chi connectivity index (χ4v) is 3.42. The normalized spacial score (nSPS) is 34.2. The van der Waals surface area contributed by atoms with Crippen molar-refractivity contribution in [2.45, 2.75) is 60.8 Å². The highest BCUT2D eigenvalue weighted by molar-refractivity contribution is 4.93. The Morgan fingerprint density at radius 1 is 0.800 bits per heavy atom. The van der Waals surface area contributed by atoms with Gasteiger partial charge in [-0.25, -0.2) is 0 Å². The van der Waals surface area contributed by atoms with E-state index in [0.717, 1.165) is 11.8 Å². The standard InChI is InChI=1S/C15H29/c1-11-12(14(2,3)4)9-8-10-13(11)15(5,6)7/h11-13H,1,8-10H2,2-7H3. The van der Waals surface area contributed by atoms with Crippen LogP contribution in [0.15, 0.2) is 0 Å². The molecule has 0 bridgehead atoms. The number of hydrogen-bond acceptors (Lipinski definition) is 0. The topological polar surface area (TPSA) is 0 Å². The maximum absolute atomic E-state index is 4.49. The third-order valence-electron chi connectivity index (χ3n) is 4.29. The van der Waals surface area contributed by atoms with Crippen LogP contribution in [-0.2, 0) is 0 Å². The SMILES string of the molecule is [CH2]C1C(C(C)(C)C)CCCC1C(C)(C)C. The van der Waals surface area contributed by atoms with Crippen molar-refractivity contribution in [3.63, 3.8) is 0 Å². The van der Waals surface area contributed by atoms with Gasteiger partial charge in [-0.15, -0.1) is 0 Å². The lowest BCUT2D eigenvalue weighted by Gasteiger charge is -2.47. The zero-order valence-corrected chi connectivity index (χ0v) is 11.6. The van der Waals surface area contributed by atoms with Crippen LogP contribution in [0.3, 0.4) is 0 Å². The monoisotopic (exact) mass is 209 g/mol. The molecule has 0 heterocycles. The second-order valence-corrected chi connectivity index (χ2v) is 7.54. The van der Waals surface area contributed by atoms with Crippen molar-refractivity contribution in [3.8, 4) is 0 Å². The Kier molecular flexibility index (Phi) is 3.58. The van der Waals surface area contributed by atoms with Gasteiger partial charge in [-0.3, -0.25) is 0 Å². The van der Waals surface area contributed by atoms with E-state index < -0.39 is 0 Å². The summed E-state index contributed by atoms with van der Waals surface area (Å²) in [5.41, 5.74) is 0.854. The molecule has 0 heteroatoms. The minimum absolute atomic E-state index is 0.427. The Bertz CT molecular complexity index is 179. The average Bonchev–Trinajstić information content (AvgIpc) is 1.99. The Morgan fingerprint density at radius 2 is 1.13 bits per heavy atom.